The van der Waals surface area contributed by atoms with Crippen molar-refractivity contribution in [3.8, 4) is 28.9 Å². The molecule has 0 saturated carbocycles. The zero-order valence-corrected chi connectivity index (χ0v) is 10.9. The van der Waals surface area contributed by atoms with Crippen LogP contribution in [0.25, 0.3) is 22.8 Å². The third-order valence-corrected chi connectivity index (χ3v) is 3.00. The maximum absolute atomic E-state index is 8.77. The lowest BCUT2D eigenvalue weighted by atomic mass is 10.1. The van der Waals surface area contributed by atoms with Crippen LogP contribution in [0.15, 0.2) is 53.1 Å². The van der Waals surface area contributed by atoms with Crippen LogP contribution >= 0.6 is 0 Å². The molecule has 0 aliphatic rings. The molecule has 2 aromatic carbocycles. The fourth-order valence-corrected chi connectivity index (χ4v) is 1.85. The van der Waals surface area contributed by atoms with Crippen LogP contribution in [-0.2, 0) is 0 Å². The van der Waals surface area contributed by atoms with Crippen molar-refractivity contribution in [3.05, 3.63) is 59.7 Å². The summed E-state index contributed by atoms with van der Waals surface area (Å²) in [7, 11) is 0. The van der Waals surface area contributed by atoms with Gasteiger partial charge in [0.25, 0.3) is 5.89 Å². The third kappa shape index (κ3) is 2.29. The highest BCUT2D eigenvalue weighted by Crippen LogP contribution is 2.22. The van der Waals surface area contributed by atoms with Crippen molar-refractivity contribution in [3.63, 3.8) is 0 Å². The number of hydrogen-bond donors (Lipinski definition) is 0. The van der Waals surface area contributed by atoms with Gasteiger partial charge in [-0.1, -0.05) is 35.0 Å². The number of aromatic nitrogens is 2. The average Bonchev–Trinajstić information content (AvgIpc) is 2.98. The highest BCUT2D eigenvalue weighted by Gasteiger charge is 2.10. The summed E-state index contributed by atoms with van der Waals surface area (Å²) in [6.45, 7) is 2.03. The van der Waals surface area contributed by atoms with Gasteiger partial charge in [0.15, 0.2) is 0 Å². The molecule has 0 saturated heterocycles. The molecule has 3 rings (SSSR count). The summed E-state index contributed by atoms with van der Waals surface area (Å²) in [5.74, 6) is 1.01. The first-order valence-corrected chi connectivity index (χ1v) is 6.17. The summed E-state index contributed by atoms with van der Waals surface area (Å²) >= 11 is 0. The van der Waals surface area contributed by atoms with Crippen LogP contribution in [0.2, 0.25) is 0 Å². The van der Waals surface area contributed by atoms with E-state index in [-0.39, 0.29) is 0 Å². The summed E-state index contributed by atoms with van der Waals surface area (Å²) in [6.07, 6.45) is 0. The fraction of sp³-hybridized carbons (Fsp3) is 0.0625. The van der Waals surface area contributed by atoms with E-state index in [1.165, 1.54) is 5.56 Å². The Bertz CT molecular complexity index is 765. The molecule has 1 heterocycles. The van der Waals surface area contributed by atoms with Gasteiger partial charge in [0.05, 0.1) is 11.6 Å². The molecule has 0 amide bonds. The van der Waals surface area contributed by atoms with Crippen molar-refractivity contribution in [1.29, 1.82) is 5.26 Å². The van der Waals surface area contributed by atoms with Crippen molar-refractivity contribution in [2.24, 2.45) is 0 Å². The lowest BCUT2D eigenvalue weighted by Crippen LogP contribution is -1.82. The van der Waals surface area contributed by atoms with E-state index in [9.17, 15) is 0 Å². The van der Waals surface area contributed by atoms with E-state index in [1.807, 2.05) is 31.2 Å². The second-order valence-electron chi connectivity index (χ2n) is 4.48. The Morgan fingerprint density at radius 3 is 2.25 bits per heavy atom. The first-order chi connectivity index (χ1) is 9.76. The van der Waals surface area contributed by atoms with Gasteiger partial charge in [-0.25, -0.2) is 0 Å². The third-order valence-electron chi connectivity index (χ3n) is 3.00. The summed E-state index contributed by atoms with van der Waals surface area (Å²) in [5, 5.41) is 12.8. The lowest BCUT2D eigenvalue weighted by Gasteiger charge is -1.95. The molecule has 0 aliphatic carbocycles. The number of nitrogens with zero attached hydrogens (tertiary/aromatic N) is 3. The molecular weight excluding hydrogens is 250 g/mol. The van der Waals surface area contributed by atoms with Gasteiger partial charge in [-0.2, -0.15) is 10.2 Å². The largest absolute Gasteiger partial charge is 0.334 e. The minimum Gasteiger partial charge on any atom is -0.334 e. The molecule has 0 radical (unpaired) electrons. The molecule has 3 aromatic rings. The summed E-state index contributed by atoms with van der Waals surface area (Å²) < 4.78 is 5.26. The molecule has 0 bridgehead atoms. The minimum absolute atomic E-state index is 0.449. The summed E-state index contributed by atoms with van der Waals surface area (Å²) in [5.41, 5.74) is 3.51. The van der Waals surface area contributed by atoms with Gasteiger partial charge in [-0.3, -0.25) is 0 Å². The molecule has 4 nitrogen and oxygen atoms in total. The molecular formula is C16H11N3O. The number of nitriles is 1. The van der Waals surface area contributed by atoms with Crippen molar-refractivity contribution in [1.82, 2.24) is 10.1 Å². The van der Waals surface area contributed by atoms with Gasteiger partial charge in [0, 0.05) is 11.1 Å². The van der Waals surface area contributed by atoms with Crippen LogP contribution < -0.4 is 0 Å². The Kier molecular flexibility index (Phi) is 3.02. The van der Waals surface area contributed by atoms with Crippen LogP contribution in [0.5, 0.6) is 0 Å². The molecule has 1 aromatic heterocycles. The quantitative estimate of drug-likeness (QED) is 0.707. The molecule has 0 atom stereocenters. The van der Waals surface area contributed by atoms with Crippen LogP contribution in [0.1, 0.15) is 11.1 Å². The molecule has 0 aliphatic heterocycles. The zero-order chi connectivity index (χ0) is 13.9. The van der Waals surface area contributed by atoms with E-state index in [0.717, 1.165) is 11.1 Å². The Labute approximate surface area is 116 Å². The second kappa shape index (κ2) is 4.98. The number of benzene rings is 2. The Hall–Kier alpha value is -2.93. The van der Waals surface area contributed by atoms with Crippen LogP contribution in [0.3, 0.4) is 0 Å². The Morgan fingerprint density at radius 2 is 1.60 bits per heavy atom. The molecule has 0 N–H and O–H groups in total. The molecule has 4 heteroatoms. The van der Waals surface area contributed by atoms with E-state index in [2.05, 4.69) is 16.2 Å². The second-order valence-corrected chi connectivity index (χ2v) is 4.48. The Balaban J connectivity index is 1.93. The predicted molar refractivity (Wildman–Crippen MR) is 74.6 cm³/mol. The highest BCUT2D eigenvalue weighted by atomic mass is 16.5. The van der Waals surface area contributed by atoms with Gasteiger partial charge in [-0.15, -0.1) is 0 Å². The first-order valence-electron chi connectivity index (χ1n) is 6.17. The Morgan fingerprint density at radius 1 is 0.950 bits per heavy atom. The normalized spacial score (nSPS) is 10.2. The maximum Gasteiger partial charge on any atom is 0.258 e. The number of rotatable bonds is 2. The fourth-order valence-electron chi connectivity index (χ4n) is 1.85. The number of aryl methyl sites for hydroxylation is 1. The van der Waals surface area contributed by atoms with Crippen LogP contribution in [0.4, 0.5) is 0 Å². The summed E-state index contributed by atoms with van der Waals surface area (Å²) in [6, 6.07) is 17.1. The lowest BCUT2D eigenvalue weighted by molar-refractivity contribution is 0.432. The predicted octanol–water partition coefficient (Wildman–Crippen LogP) is 3.58. The van der Waals surface area contributed by atoms with Gasteiger partial charge < -0.3 is 4.52 Å². The molecule has 96 valence electrons. The monoisotopic (exact) mass is 261 g/mol. The molecule has 0 unspecified atom stereocenters. The average molecular weight is 261 g/mol. The van der Waals surface area contributed by atoms with Gasteiger partial charge in [0.1, 0.15) is 0 Å². The van der Waals surface area contributed by atoms with Gasteiger partial charge in [0.2, 0.25) is 5.82 Å². The van der Waals surface area contributed by atoms with Crippen LogP contribution in [-0.4, -0.2) is 10.1 Å². The zero-order valence-electron chi connectivity index (χ0n) is 10.9. The van der Waals surface area contributed by atoms with Gasteiger partial charge >= 0.3 is 0 Å². The van der Waals surface area contributed by atoms with Crippen LogP contribution in [0, 0.1) is 18.3 Å². The van der Waals surface area contributed by atoms with Crippen molar-refractivity contribution < 1.29 is 4.52 Å². The van der Waals surface area contributed by atoms with E-state index >= 15 is 0 Å². The molecule has 20 heavy (non-hydrogen) atoms. The summed E-state index contributed by atoms with van der Waals surface area (Å²) in [4.78, 5) is 4.38. The number of hydrogen-bond acceptors (Lipinski definition) is 4. The SMILES string of the molecule is Cc1ccc(-c2noc(-c3ccc(C#N)cc3)n2)cc1. The first kappa shape index (κ1) is 12.1. The van der Waals surface area contributed by atoms with Crippen molar-refractivity contribution in [2.45, 2.75) is 6.92 Å². The topological polar surface area (TPSA) is 62.7 Å². The van der Waals surface area contributed by atoms with E-state index in [1.54, 1.807) is 24.3 Å². The molecule has 0 fully saturated rings. The maximum atomic E-state index is 8.77. The van der Waals surface area contributed by atoms with E-state index < -0.39 is 0 Å². The van der Waals surface area contributed by atoms with E-state index in [4.69, 9.17) is 9.78 Å². The standard InChI is InChI=1S/C16H11N3O/c1-11-2-6-13(7-3-11)15-18-16(20-19-15)14-8-4-12(10-17)5-9-14/h2-9H,1H3. The highest BCUT2D eigenvalue weighted by molar-refractivity contribution is 5.60. The van der Waals surface area contributed by atoms with Crippen molar-refractivity contribution >= 4 is 0 Å². The van der Waals surface area contributed by atoms with E-state index in [0.29, 0.717) is 17.3 Å². The van der Waals surface area contributed by atoms with Crippen molar-refractivity contribution in [2.75, 3.05) is 0 Å². The van der Waals surface area contributed by atoms with Gasteiger partial charge in [-0.05, 0) is 31.2 Å². The minimum atomic E-state index is 0.449. The smallest absolute Gasteiger partial charge is 0.258 e. The molecule has 0 spiro atoms.